The minimum atomic E-state index is -1.52. The van der Waals surface area contributed by atoms with Gasteiger partial charge >= 0.3 is 0 Å². The summed E-state index contributed by atoms with van der Waals surface area (Å²) < 4.78 is 12.9. The summed E-state index contributed by atoms with van der Waals surface area (Å²) in [6.07, 6.45) is -6.83. The Bertz CT molecular complexity index is 973. The number of nitrogens with zero attached hydrogens (tertiary/aromatic N) is 2. The highest BCUT2D eigenvalue weighted by Crippen LogP contribution is 2.30. The fraction of sp³-hybridized carbons (Fsp3) is 0.318. The average molecular weight is 412 g/mol. The summed E-state index contributed by atoms with van der Waals surface area (Å²) in [5.41, 5.74) is 3.63. The van der Waals surface area contributed by atoms with E-state index in [2.05, 4.69) is 5.10 Å². The summed E-state index contributed by atoms with van der Waals surface area (Å²) in [5.74, 6) is 0.166. The number of ether oxygens (including phenoxy) is 2. The van der Waals surface area contributed by atoms with E-state index in [1.54, 1.807) is 10.7 Å². The van der Waals surface area contributed by atoms with Crippen molar-refractivity contribution in [3.63, 3.8) is 0 Å². The monoisotopic (exact) mass is 412 g/mol. The lowest BCUT2D eigenvalue weighted by Crippen LogP contribution is -2.60. The zero-order valence-corrected chi connectivity index (χ0v) is 16.4. The van der Waals surface area contributed by atoms with E-state index in [9.17, 15) is 20.4 Å². The Morgan fingerprint density at radius 2 is 1.67 bits per heavy atom. The molecule has 4 N–H and O–H groups in total. The van der Waals surface area contributed by atoms with Crippen LogP contribution in [-0.4, -0.2) is 67.5 Å². The summed E-state index contributed by atoms with van der Waals surface area (Å²) in [6, 6.07) is 19.2. The predicted molar refractivity (Wildman–Crippen MR) is 108 cm³/mol. The Balaban J connectivity index is 1.68. The third-order valence-electron chi connectivity index (χ3n) is 5.12. The van der Waals surface area contributed by atoms with Crippen LogP contribution in [0.1, 0.15) is 5.56 Å². The van der Waals surface area contributed by atoms with E-state index < -0.39 is 37.3 Å². The van der Waals surface area contributed by atoms with Gasteiger partial charge in [0.15, 0.2) is 0 Å². The second-order valence-corrected chi connectivity index (χ2v) is 7.30. The van der Waals surface area contributed by atoms with Crippen LogP contribution in [0.5, 0.6) is 5.88 Å². The van der Waals surface area contributed by atoms with Gasteiger partial charge in [0.2, 0.25) is 12.2 Å². The highest BCUT2D eigenvalue weighted by atomic mass is 16.7. The van der Waals surface area contributed by atoms with Crippen LogP contribution >= 0.6 is 0 Å². The Labute approximate surface area is 173 Å². The van der Waals surface area contributed by atoms with Crippen molar-refractivity contribution in [2.45, 2.75) is 37.6 Å². The number of aryl methyl sites for hydroxylation is 1. The van der Waals surface area contributed by atoms with Crippen molar-refractivity contribution in [2.24, 2.45) is 0 Å². The first-order valence-electron chi connectivity index (χ1n) is 9.67. The molecule has 1 aliphatic rings. The molecule has 0 unspecified atom stereocenters. The minimum absolute atomic E-state index is 0.166. The van der Waals surface area contributed by atoms with Crippen molar-refractivity contribution in [1.82, 2.24) is 9.78 Å². The number of hydrogen-bond acceptors (Lipinski definition) is 7. The van der Waals surface area contributed by atoms with Crippen molar-refractivity contribution in [3.8, 4) is 22.8 Å². The van der Waals surface area contributed by atoms with E-state index in [4.69, 9.17) is 9.47 Å². The summed E-state index contributed by atoms with van der Waals surface area (Å²) in [4.78, 5) is 0. The molecule has 158 valence electrons. The first-order chi connectivity index (χ1) is 14.5. The SMILES string of the molecule is Cc1ccc(-c2cc(O[C@@H]3O[C@H](CO)[C@@H](O)[C@H](O)[C@H]3O)nn2-c2ccccc2)cc1. The van der Waals surface area contributed by atoms with E-state index in [-0.39, 0.29) is 5.88 Å². The average Bonchev–Trinajstić information content (AvgIpc) is 3.19. The minimum Gasteiger partial charge on any atom is -0.444 e. The van der Waals surface area contributed by atoms with Crippen LogP contribution < -0.4 is 4.74 Å². The van der Waals surface area contributed by atoms with Gasteiger partial charge in [0.1, 0.15) is 24.4 Å². The molecule has 0 saturated carbocycles. The molecule has 0 spiro atoms. The molecule has 8 heteroatoms. The zero-order chi connectivity index (χ0) is 21.3. The molecule has 2 aromatic carbocycles. The van der Waals surface area contributed by atoms with Gasteiger partial charge < -0.3 is 29.9 Å². The molecule has 1 fully saturated rings. The quantitative estimate of drug-likeness (QED) is 0.494. The molecule has 3 aromatic rings. The van der Waals surface area contributed by atoms with Gasteiger partial charge in [0, 0.05) is 11.6 Å². The highest BCUT2D eigenvalue weighted by molar-refractivity contribution is 5.63. The molecule has 1 aliphatic heterocycles. The lowest BCUT2D eigenvalue weighted by Gasteiger charge is -2.39. The molecule has 8 nitrogen and oxygen atoms in total. The standard InChI is InChI=1S/C22H24N2O6/c1-13-7-9-14(10-8-13)16-11-18(23-24(16)15-5-3-2-4-6-15)30-22-21(28)20(27)19(26)17(12-25)29-22/h2-11,17,19-22,25-28H,12H2,1H3/t17-,19-,20+,21-,22+/m1/s1. The maximum absolute atomic E-state index is 10.2. The Morgan fingerprint density at radius 3 is 2.33 bits per heavy atom. The van der Waals surface area contributed by atoms with E-state index in [1.165, 1.54) is 0 Å². The van der Waals surface area contributed by atoms with Gasteiger partial charge in [-0.2, -0.15) is 0 Å². The van der Waals surface area contributed by atoms with Crippen LogP contribution in [0.25, 0.3) is 16.9 Å². The lowest BCUT2D eigenvalue weighted by molar-refractivity contribution is -0.278. The molecule has 1 aromatic heterocycles. The zero-order valence-electron chi connectivity index (χ0n) is 16.4. The van der Waals surface area contributed by atoms with Gasteiger partial charge in [0.05, 0.1) is 18.0 Å². The highest BCUT2D eigenvalue weighted by Gasteiger charge is 2.45. The fourth-order valence-electron chi connectivity index (χ4n) is 3.40. The van der Waals surface area contributed by atoms with Gasteiger partial charge in [0.25, 0.3) is 0 Å². The van der Waals surface area contributed by atoms with Gasteiger partial charge in [-0.25, -0.2) is 4.68 Å². The lowest BCUT2D eigenvalue weighted by atomic mass is 9.99. The second-order valence-electron chi connectivity index (χ2n) is 7.30. The van der Waals surface area contributed by atoms with Gasteiger partial charge in [-0.1, -0.05) is 48.0 Å². The Hall–Kier alpha value is -2.75. The second kappa shape index (κ2) is 8.55. The first kappa shape index (κ1) is 20.5. The molecule has 0 radical (unpaired) electrons. The van der Waals surface area contributed by atoms with Crippen molar-refractivity contribution in [1.29, 1.82) is 0 Å². The third-order valence-corrected chi connectivity index (χ3v) is 5.12. The topological polar surface area (TPSA) is 117 Å². The number of aliphatic hydroxyl groups excluding tert-OH is 4. The molecular weight excluding hydrogens is 388 g/mol. The van der Waals surface area contributed by atoms with Crippen molar-refractivity contribution in [3.05, 3.63) is 66.2 Å². The van der Waals surface area contributed by atoms with Crippen LogP contribution in [0.3, 0.4) is 0 Å². The first-order valence-corrected chi connectivity index (χ1v) is 9.67. The molecule has 5 atom stereocenters. The van der Waals surface area contributed by atoms with Crippen LogP contribution in [0, 0.1) is 6.92 Å². The maximum atomic E-state index is 10.2. The van der Waals surface area contributed by atoms with E-state index in [0.29, 0.717) is 0 Å². The molecule has 4 rings (SSSR count). The molecule has 30 heavy (non-hydrogen) atoms. The summed E-state index contributed by atoms with van der Waals surface area (Å²) in [6.45, 7) is 1.48. The van der Waals surface area contributed by atoms with E-state index >= 15 is 0 Å². The van der Waals surface area contributed by atoms with E-state index in [1.807, 2.05) is 61.5 Å². The smallest absolute Gasteiger partial charge is 0.236 e. The van der Waals surface area contributed by atoms with Crippen LogP contribution in [0.2, 0.25) is 0 Å². The number of aliphatic hydroxyl groups is 4. The Kier molecular flexibility index (Phi) is 5.85. The van der Waals surface area contributed by atoms with Crippen LogP contribution in [0.4, 0.5) is 0 Å². The molecular formula is C22H24N2O6. The molecule has 1 saturated heterocycles. The van der Waals surface area contributed by atoms with Crippen molar-refractivity contribution in [2.75, 3.05) is 6.61 Å². The molecule has 0 amide bonds. The van der Waals surface area contributed by atoms with Gasteiger partial charge in [-0.05, 0) is 19.1 Å². The van der Waals surface area contributed by atoms with Crippen LogP contribution in [0.15, 0.2) is 60.7 Å². The maximum Gasteiger partial charge on any atom is 0.236 e. The summed E-state index contributed by atoms with van der Waals surface area (Å²) in [5, 5.41) is 44.0. The number of rotatable bonds is 5. The number of aromatic nitrogens is 2. The predicted octanol–water partition coefficient (Wildman–Crippen LogP) is 1.03. The van der Waals surface area contributed by atoms with Gasteiger partial charge in [-0.15, -0.1) is 5.10 Å². The molecule has 2 heterocycles. The normalized spacial score (nSPS) is 26.5. The van der Waals surface area contributed by atoms with Crippen molar-refractivity contribution >= 4 is 0 Å². The van der Waals surface area contributed by atoms with Gasteiger partial charge in [-0.3, -0.25) is 0 Å². The molecule has 0 aliphatic carbocycles. The summed E-state index contributed by atoms with van der Waals surface area (Å²) in [7, 11) is 0. The number of benzene rings is 2. The fourth-order valence-corrected chi connectivity index (χ4v) is 3.40. The Morgan fingerprint density at radius 1 is 0.967 bits per heavy atom. The number of para-hydroxylation sites is 1. The third kappa shape index (κ3) is 3.96. The van der Waals surface area contributed by atoms with Crippen LogP contribution in [-0.2, 0) is 4.74 Å². The number of hydrogen-bond donors (Lipinski definition) is 4. The largest absolute Gasteiger partial charge is 0.444 e. The molecule has 0 bridgehead atoms. The van der Waals surface area contributed by atoms with E-state index in [0.717, 1.165) is 22.5 Å². The summed E-state index contributed by atoms with van der Waals surface area (Å²) >= 11 is 0. The van der Waals surface area contributed by atoms with Crippen molar-refractivity contribution < 1.29 is 29.9 Å².